The zero-order chi connectivity index (χ0) is 21.1. The predicted molar refractivity (Wildman–Crippen MR) is 117 cm³/mol. The highest BCUT2D eigenvalue weighted by atomic mass is 16.7. The summed E-state index contributed by atoms with van der Waals surface area (Å²) in [5.41, 5.74) is 4.91. The van der Waals surface area contributed by atoms with E-state index in [4.69, 9.17) is 9.47 Å². The van der Waals surface area contributed by atoms with Gasteiger partial charge in [0.2, 0.25) is 12.7 Å². The first kappa shape index (κ1) is 20.7. The SMILES string of the molecule is Cc1ccc([C@H](C)NC(=O)CN2CCN(Cc3ccc4c(c3)OCO4)CC2)cc1C. The smallest absolute Gasteiger partial charge is 0.234 e. The number of fused-ring (bicyclic) bond motifs is 1. The van der Waals surface area contributed by atoms with Crippen molar-refractivity contribution in [3.05, 3.63) is 58.7 Å². The number of nitrogens with one attached hydrogen (secondary N) is 1. The van der Waals surface area contributed by atoms with Gasteiger partial charge in [-0.05, 0) is 55.2 Å². The van der Waals surface area contributed by atoms with Gasteiger partial charge < -0.3 is 14.8 Å². The van der Waals surface area contributed by atoms with Gasteiger partial charge >= 0.3 is 0 Å². The van der Waals surface area contributed by atoms with E-state index < -0.39 is 0 Å². The second-order valence-corrected chi connectivity index (χ2v) is 8.37. The predicted octanol–water partition coefficient (Wildman–Crippen LogP) is 3.03. The third-order valence-electron chi connectivity index (χ3n) is 6.08. The molecule has 1 N–H and O–H groups in total. The van der Waals surface area contributed by atoms with Crippen LogP contribution in [0.4, 0.5) is 0 Å². The molecule has 2 heterocycles. The van der Waals surface area contributed by atoms with E-state index in [1.807, 2.05) is 13.0 Å². The van der Waals surface area contributed by atoms with Crippen molar-refractivity contribution in [2.75, 3.05) is 39.5 Å². The molecule has 4 rings (SSSR count). The van der Waals surface area contributed by atoms with E-state index in [0.29, 0.717) is 13.3 Å². The second kappa shape index (κ2) is 9.06. The molecule has 0 aromatic heterocycles. The molecule has 160 valence electrons. The Morgan fingerprint density at radius 3 is 2.47 bits per heavy atom. The van der Waals surface area contributed by atoms with Gasteiger partial charge in [-0.25, -0.2) is 0 Å². The van der Waals surface area contributed by atoms with Crippen LogP contribution < -0.4 is 14.8 Å². The van der Waals surface area contributed by atoms with Crippen molar-refractivity contribution in [3.63, 3.8) is 0 Å². The van der Waals surface area contributed by atoms with E-state index in [0.717, 1.165) is 49.8 Å². The molecule has 0 radical (unpaired) electrons. The molecule has 1 saturated heterocycles. The molecule has 0 unspecified atom stereocenters. The lowest BCUT2D eigenvalue weighted by Crippen LogP contribution is -2.49. The average molecular weight is 410 g/mol. The first-order chi connectivity index (χ1) is 14.5. The molecule has 6 nitrogen and oxygen atoms in total. The number of rotatable bonds is 6. The molecule has 0 spiro atoms. The van der Waals surface area contributed by atoms with Crippen molar-refractivity contribution in [3.8, 4) is 11.5 Å². The van der Waals surface area contributed by atoms with Crippen LogP contribution in [0.3, 0.4) is 0 Å². The Balaban J connectivity index is 1.22. The van der Waals surface area contributed by atoms with Crippen LogP contribution in [-0.2, 0) is 11.3 Å². The van der Waals surface area contributed by atoms with Crippen LogP contribution in [0, 0.1) is 13.8 Å². The monoisotopic (exact) mass is 409 g/mol. The maximum atomic E-state index is 12.5. The summed E-state index contributed by atoms with van der Waals surface area (Å²) < 4.78 is 10.9. The van der Waals surface area contributed by atoms with E-state index in [9.17, 15) is 4.79 Å². The zero-order valence-electron chi connectivity index (χ0n) is 18.1. The summed E-state index contributed by atoms with van der Waals surface area (Å²) in [5, 5.41) is 3.15. The Morgan fingerprint density at radius 1 is 0.967 bits per heavy atom. The third-order valence-corrected chi connectivity index (χ3v) is 6.08. The summed E-state index contributed by atoms with van der Waals surface area (Å²) in [6.07, 6.45) is 0. The van der Waals surface area contributed by atoms with Crippen LogP contribution in [0.1, 0.15) is 35.2 Å². The number of amides is 1. The quantitative estimate of drug-likeness (QED) is 0.795. The molecule has 2 aliphatic rings. The lowest BCUT2D eigenvalue weighted by atomic mass is 10.0. The number of aryl methyl sites for hydroxylation is 2. The van der Waals surface area contributed by atoms with Crippen molar-refractivity contribution in [1.82, 2.24) is 15.1 Å². The number of hydrogen-bond donors (Lipinski definition) is 1. The van der Waals surface area contributed by atoms with E-state index in [1.54, 1.807) is 0 Å². The van der Waals surface area contributed by atoms with Gasteiger partial charge in [0.1, 0.15) is 0 Å². The largest absolute Gasteiger partial charge is 0.454 e. The van der Waals surface area contributed by atoms with Crippen molar-refractivity contribution in [1.29, 1.82) is 0 Å². The minimum absolute atomic E-state index is 0.0177. The highest BCUT2D eigenvalue weighted by Gasteiger charge is 2.21. The Morgan fingerprint density at radius 2 is 1.70 bits per heavy atom. The number of benzene rings is 2. The maximum absolute atomic E-state index is 12.5. The molecule has 0 saturated carbocycles. The van der Waals surface area contributed by atoms with Crippen molar-refractivity contribution >= 4 is 5.91 Å². The van der Waals surface area contributed by atoms with Gasteiger partial charge in [-0.15, -0.1) is 0 Å². The van der Waals surface area contributed by atoms with Gasteiger partial charge in [0.25, 0.3) is 0 Å². The Kier molecular flexibility index (Phi) is 6.25. The lowest BCUT2D eigenvalue weighted by Gasteiger charge is -2.34. The average Bonchev–Trinajstić information content (AvgIpc) is 3.19. The number of nitrogens with zero attached hydrogens (tertiary/aromatic N) is 2. The molecule has 2 aromatic rings. The summed E-state index contributed by atoms with van der Waals surface area (Å²) in [5.74, 6) is 1.75. The van der Waals surface area contributed by atoms with Crippen LogP contribution >= 0.6 is 0 Å². The number of piperazine rings is 1. The van der Waals surface area contributed by atoms with E-state index in [-0.39, 0.29) is 11.9 Å². The van der Waals surface area contributed by atoms with Crippen LogP contribution in [0.2, 0.25) is 0 Å². The van der Waals surface area contributed by atoms with Crippen molar-refractivity contribution < 1.29 is 14.3 Å². The molecule has 2 aliphatic heterocycles. The van der Waals surface area contributed by atoms with Gasteiger partial charge in [0.05, 0.1) is 12.6 Å². The molecule has 0 bridgehead atoms. The fourth-order valence-electron chi connectivity index (χ4n) is 4.01. The number of ether oxygens (including phenoxy) is 2. The molecule has 6 heteroatoms. The maximum Gasteiger partial charge on any atom is 0.234 e. The highest BCUT2D eigenvalue weighted by Crippen LogP contribution is 2.32. The Labute approximate surface area is 178 Å². The first-order valence-corrected chi connectivity index (χ1v) is 10.7. The van der Waals surface area contributed by atoms with Gasteiger partial charge in [-0.2, -0.15) is 0 Å². The Hall–Kier alpha value is -2.57. The summed E-state index contributed by atoms with van der Waals surface area (Å²) in [6.45, 7) is 11.6. The molecule has 0 aliphatic carbocycles. The topological polar surface area (TPSA) is 54.0 Å². The van der Waals surface area contributed by atoms with Crippen LogP contribution in [0.25, 0.3) is 0 Å². The van der Waals surface area contributed by atoms with E-state index in [2.05, 4.69) is 59.3 Å². The standard InChI is InChI=1S/C24H31N3O3/c1-17-4-6-21(12-18(17)2)19(3)25-24(28)15-27-10-8-26(9-11-27)14-20-5-7-22-23(13-20)30-16-29-22/h4-7,12-13,19H,8-11,14-16H2,1-3H3,(H,25,28)/t19-/m0/s1. The molecular weight excluding hydrogens is 378 g/mol. The number of carbonyl (C=O) groups excluding carboxylic acids is 1. The van der Waals surface area contributed by atoms with E-state index >= 15 is 0 Å². The van der Waals surface area contributed by atoms with Crippen molar-refractivity contribution in [2.45, 2.75) is 33.4 Å². The number of hydrogen-bond acceptors (Lipinski definition) is 5. The highest BCUT2D eigenvalue weighted by molar-refractivity contribution is 5.78. The summed E-state index contributed by atoms with van der Waals surface area (Å²) in [7, 11) is 0. The van der Waals surface area contributed by atoms with Crippen LogP contribution in [0.15, 0.2) is 36.4 Å². The lowest BCUT2D eigenvalue weighted by molar-refractivity contribution is -0.123. The number of carbonyl (C=O) groups is 1. The molecular formula is C24H31N3O3. The fourth-order valence-corrected chi connectivity index (χ4v) is 4.01. The normalized spacial score (nSPS) is 17.7. The first-order valence-electron chi connectivity index (χ1n) is 10.7. The second-order valence-electron chi connectivity index (χ2n) is 8.37. The molecule has 1 atom stereocenters. The fraction of sp³-hybridized carbons (Fsp3) is 0.458. The molecule has 30 heavy (non-hydrogen) atoms. The molecule has 2 aromatic carbocycles. The van der Waals surface area contributed by atoms with Gasteiger partial charge in [-0.3, -0.25) is 14.6 Å². The minimum Gasteiger partial charge on any atom is -0.454 e. The summed E-state index contributed by atoms with van der Waals surface area (Å²) in [6, 6.07) is 12.5. The van der Waals surface area contributed by atoms with Crippen molar-refractivity contribution in [2.24, 2.45) is 0 Å². The van der Waals surface area contributed by atoms with E-state index in [1.165, 1.54) is 16.7 Å². The molecule has 1 amide bonds. The van der Waals surface area contributed by atoms with Crippen LogP contribution in [0.5, 0.6) is 11.5 Å². The summed E-state index contributed by atoms with van der Waals surface area (Å²) in [4.78, 5) is 17.2. The zero-order valence-corrected chi connectivity index (χ0v) is 18.1. The van der Waals surface area contributed by atoms with Gasteiger partial charge in [0, 0.05) is 32.7 Å². The molecule has 1 fully saturated rings. The van der Waals surface area contributed by atoms with Crippen LogP contribution in [-0.4, -0.2) is 55.2 Å². The summed E-state index contributed by atoms with van der Waals surface area (Å²) >= 11 is 0. The third kappa shape index (κ3) is 4.94. The Bertz CT molecular complexity index is 907. The van der Waals surface area contributed by atoms with Gasteiger partial charge in [-0.1, -0.05) is 24.3 Å². The van der Waals surface area contributed by atoms with Gasteiger partial charge in [0.15, 0.2) is 11.5 Å². The minimum atomic E-state index is 0.0177.